The van der Waals surface area contributed by atoms with E-state index in [-0.39, 0.29) is 17.3 Å². The molecule has 2 aromatic rings. The summed E-state index contributed by atoms with van der Waals surface area (Å²) in [5.41, 5.74) is 1.98. The summed E-state index contributed by atoms with van der Waals surface area (Å²) in [6.45, 7) is 1.76. The van der Waals surface area contributed by atoms with Crippen LogP contribution in [0.1, 0.15) is 18.1 Å². The second-order valence-electron chi connectivity index (χ2n) is 5.79. The van der Waals surface area contributed by atoms with Gasteiger partial charge in [-0.05, 0) is 23.3 Å². The van der Waals surface area contributed by atoms with E-state index < -0.39 is 17.8 Å². The number of nitrogens with one attached hydrogen (secondary N) is 1. The minimum absolute atomic E-state index is 0.0276. The van der Waals surface area contributed by atoms with Crippen LogP contribution in [0.4, 0.5) is 10.1 Å². The van der Waals surface area contributed by atoms with Gasteiger partial charge in [0.2, 0.25) is 11.8 Å². The van der Waals surface area contributed by atoms with Crippen LogP contribution in [0, 0.1) is 5.82 Å². The number of aromatic hydroxyl groups is 1. The Labute approximate surface area is 138 Å². The molecule has 24 heavy (non-hydrogen) atoms. The molecule has 1 atom stereocenters. The molecule has 0 aliphatic carbocycles. The molecule has 5 nitrogen and oxygen atoms in total. The average Bonchev–Trinajstić information content (AvgIpc) is 2.56. The fourth-order valence-electron chi connectivity index (χ4n) is 2.91. The predicted octanol–water partition coefficient (Wildman–Crippen LogP) is 2.44. The van der Waals surface area contributed by atoms with Crippen molar-refractivity contribution in [1.82, 2.24) is 4.90 Å². The maximum Gasteiger partial charge on any atom is 0.247 e. The van der Waals surface area contributed by atoms with Gasteiger partial charge < -0.3 is 15.3 Å². The van der Waals surface area contributed by atoms with Crippen LogP contribution in [-0.4, -0.2) is 27.9 Å². The van der Waals surface area contributed by atoms with Crippen LogP contribution in [0.5, 0.6) is 5.75 Å². The van der Waals surface area contributed by atoms with E-state index in [1.807, 2.05) is 24.3 Å². The lowest BCUT2D eigenvalue weighted by atomic mass is 9.93. The molecule has 1 aliphatic rings. The summed E-state index contributed by atoms with van der Waals surface area (Å²) < 4.78 is 13.8. The number of rotatable bonds is 2. The number of anilines is 1. The third-order valence-electron chi connectivity index (χ3n) is 4.17. The zero-order valence-electron chi connectivity index (χ0n) is 13.1. The van der Waals surface area contributed by atoms with E-state index in [0.717, 1.165) is 17.2 Å². The van der Waals surface area contributed by atoms with Crippen LogP contribution in [-0.2, 0) is 22.6 Å². The van der Waals surface area contributed by atoms with Gasteiger partial charge >= 0.3 is 0 Å². The fraction of sp³-hybridized carbons (Fsp3) is 0.222. The highest BCUT2D eigenvalue weighted by molar-refractivity contribution is 5.97. The number of phenolic OH excluding ortho intramolecular Hbond substituents is 1. The first-order valence-corrected chi connectivity index (χ1v) is 7.59. The standard InChI is InChI=1S/C18H17FN2O3/c1-11(22)21-10-13-5-3-2-4-12(13)8-17(21)18(24)20-16-7-6-14(23)9-15(16)19/h2-7,9,17,23H,8,10H2,1H3,(H,20,24)/t17-/m0/s1. The average molecular weight is 328 g/mol. The van der Waals surface area contributed by atoms with Gasteiger partial charge in [-0.3, -0.25) is 9.59 Å². The molecule has 1 heterocycles. The first-order valence-electron chi connectivity index (χ1n) is 7.59. The van der Waals surface area contributed by atoms with Gasteiger partial charge in [0.15, 0.2) is 0 Å². The monoisotopic (exact) mass is 328 g/mol. The van der Waals surface area contributed by atoms with Crippen LogP contribution in [0.15, 0.2) is 42.5 Å². The van der Waals surface area contributed by atoms with E-state index in [1.165, 1.54) is 24.0 Å². The van der Waals surface area contributed by atoms with Gasteiger partial charge in [0.1, 0.15) is 17.6 Å². The van der Waals surface area contributed by atoms with Crippen LogP contribution in [0.3, 0.4) is 0 Å². The largest absolute Gasteiger partial charge is 0.508 e. The van der Waals surface area contributed by atoms with E-state index in [1.54, 1.807) is 0 Å². The van der Waals surface area contributed by atoms with Crippen molar-refractivity contribution in [2.45, 2.75) is 25.9 Å². The Kier molecular flexibility index (Phi) is 4.20. The Bertz CT molecular complexity index is 807. The number of phenols is 1. The quantitative estimate of drug-likeness (QED) is 0.832. The van der Waals surface area contributed by atoms with Gasteiger partial charge in [-0.1, -0.05) is 24.3 Å². The number of fused-ring (bicyclic) bond motifs is 1. The lowest BCUT2D eigenvalue weighted by Gasteiger charge is -2.35. The van der Waals surface area contributed by atoms with Gasteiger partial charge in [0, 0.05) is 26.0 Å². The van der Waals surface area contributed by atoms with Crippen molar-refractivity contribution in [3.8, 4) is 5.75 Å². The summed E-state index contributed by atoms with van der Waals surface area (Å²) in [6.07, 6.45) is 0.376. The second kappa shape index (κ2) is 6.31. The van der Waals surface area contributed by atoms with Crippen LogP contribution in [0.25, 0.3) is 0 Å². The van der Waals surface area contributed by atoms with E-state index in [4.69, 9.17) is 0 Å². The number of amides is 2. The molecule has 0 spiro atoms. The molecule has 0 bridgehead atoms. The SMILES string of the molecule is CC(=O)N1Cc2ccccc2C[C@H]1C(=O)Nc1ccc(O)cc1F. The molecule has 124 valence electrons. The van der Waals surface area contributed by atoms with Gasteiger partial charge in [-0.25, -0.2) is 4.39 Å². The van der Waals surface area contributed by atoms with Gasteiger partial charge in [-0.15, -0.1) is 0 Å². The molecule has 1 aliphatic heterocycles. The molecule has 0 saturated heterocycles. The van der Waals surface area contributed by atoms with Crippen molar-refractivity contribution in [2.75, 3.05) is 5.32 Å². The molecule has 2 N–H and O–H groups in total. The smallest absolute Gasteiger partial charge is 0.247 e. The molecular formula is C18H17FN2O3. The number of hydrogen-bond donors (Lipinski definition) is 2. The molecule has 6 heteroatoms. The molecule has 2 amide bonds. The first-order chi connectivity index (χ1) is 11.5. The van der Waals surface area contributed by atoms with E-state index >= 15 is 0 Å². The molecule has 2 aromatic carbocycles. The van der Waals surface area contributed by atoms with E-state index in [9.17, 15) is 19.1 Å². The third kappa shape index (κ3) is 3.08. The minimum atomic E-state index is -0.728. The number of halogens is 1. The molecule has 0 aromatic heterocycles. The molecular weight excluding hydrogens is 311 g/mol. The fourth-order valence-corrected chi connectivity index (χ4v) is 2.91. The van der Waals surface area contributed by atoms with Crippen molar-refractivity contribution < 1.29 is 19.1 Å². The molecule has 0 fully saturated rings. The second-order valence-corrected chi connectivity index (χ2v) is 5.79. The van der Waals surface area contributed by atoms with Crippen molar-refractivity contribution >= 4 is 17.5 Å². The summed E-state index contributed by atoms with van der Waals surface area (Å²) in [7, 11) is 0. The highest BCUT2D eigenvalue weighted by atomic mass is 19.1. The summed E-state index contributed by atoms with van der Waals surface area (Å²) in [4.78, 5) is 26.0. The number of carbonyl (C=O) groups is 2. The van der Waals surface area contributed by atoms with E-state index in [0.29, 0.717) is 13.0 Å². The maximum atomic E-state index is 13.8. The van der Waals surface area contributed by atoms with Crippen LogP contribution in [0.2, 0.25) is 0 Å². The highest BCUT2D eigenvalue weighted by Crippen LogP contribution is 2.25. The van der Waals surface area contributed by atoms with Crippen molar-refractivity contribution in [1.29, 1.82) is 0 Å². The Morgan fingerprint density at radius 2 is 1.92 bits per heavy atom. The zero-order valence-corrected chi connectivity index (χ0v) is 13.1. The van der Waals surface area contributed by atoms with Gasteiger partial charge in [0.25, 0.3) is 0 Å². The Balaban J connectivity index is 1.85. The Morgan fingerprint density at radius 3 is 2.58 bits per heavy atom. The van der Waals surface area contributed by atoms with Crippen molar-refractivity contribution in [3.63, 3.8) is 0 Å². The van der Waals surface area contributed by atoms with Gasteiger partial charge in [-0.2, -0.15) is 0 Å². The summed E-state index contributed by atoms with van der Waals surface area (Å²) in [5, 5.41) is 11.7. The first kappa shape index (κ1) is 16.0. The maximum absolute atomic E-state index is 13.8. The summed E-state index contributed by atoms with van der Waals surface area (Å²) in [6, 6.07) is 10.4. The number of carbonyl (C=O) groups excluding carboxylic acids is 2. The Hall–Kier alpha value is -2.89. The van der Waals surface area contributed by atoms with Crippen LogP contribution < -0.4 is 5.32 Å². The zero-order chi connectivity index (χ0) is 17.3. The molecule has 0 radical (unpaired) electrons. The number of hydrogen-bond acceptors (Lipinski definition) is 3. The van der Waals surface area contributed by atoms with Crippen molar-refractivity contribution in [2.24, 2.45) is 0 Å². The third-order valence-corrected chi connectivity index (χ3v) is 4.17. The normalized spacial score (nSPS) is 16.4. The number of benzene rings is 2. The summed E-state index contributed by atoms with van der Waals surface area (Å²) >= 11 is 0. The Morgan fingerprint density at radius 1 is 1.21 bits per heavy atom. The molecule has 0 unspecified atom stereocenters. The lowest BCUT2D eigenvalue weighted by Crippen LogP contribution is -2.50. The molecule has 0 saturated carbocycles. The lowest BCUT2D eigenvalue weighted by molar-refractivity contribution is -0.138. The van der Waals surface area contributed by atoms with Crippen molar-refractivity contribution in [3.05, 3.63) is 59.4 Å². The summed E-state index contributed by atoms with van der Waals surface area (Å²) in [5.74, 6) is -1.61. The topological polar surface area (TPSA) is 69.6 Å². The minimum Gasteiger partial charge on any atom is -0.508 e. The molecule has 3 rings (SSSR count). The number of nitrogens with zero attached hydrogens (tertiary/aromatic N) is 1. The van der Waals surface area contributed by atoms with Crippen LogP contribution >= 0.6 is 0 Å². The highest BCUT2D eigenvalue weighted by Gasteiger charge is 2.33. The van der Waals surface area contributed by atoms with E-state index in [2.05, 4.69) is 5.32 Å². The predicted molar refractivity (Wildman–Crippen MR) is 86.9 cm³/mol. The van der Waals surface area contributed by atoms with Gasteiger partial charge in [0.05, 0.1) is 5.69 Å².